The molecule has 1 aromatic rings. The average Bonchev–Trinajstić information content (AvgIpc) is 2.18. The van der Waals surface area contributed by atoms with Gasteiger partial charge in [-0.3, -0.25) is 4.79 Å². The minimum atomic E-state index is -0.416. The molecule has 1 aromatic carbocycles. The first-order valence-corrected chi connectivity index (χ1v) is 6.29. The van der Waals surface area contributed by atoms with Gasteiger partial charge in [0, 0.05) is 17.0 Å². The quantitative estimate of drug-likeness (QED) is 0.707. The van der Waals surface area contributed by atoms with Crippen molar-refractivity contribution in [1.82, 2.24) is 0 Å². The van der Waals surface area contributed by atoms with Gasteiger partial charge in [-0.1, -0.05) is 11.6 Å². The van der Waals surface area contributed by atoms with Crippen LogP contribution < -0.4 is 4.90 Å². The largest absolute Gasteiger partial charge is 0.313 e. The van der Waals surface area contributed by atoms with Gasteiger partial charge < -0.3 is 4.90 Å². The van der Waals surface area contributed by atoms with Crippen LogP contribution in [0.25, 0.3) is 0 Å². The third kappa shape index (κ3) is 1.72. The Morgan fingerprint density at radius 1 is 1.38 bits per heavy atom. The molecule has 0 unspecified atom stereocenters. The molecule has 0 fully saturated rings. The number of nitrogens with zero attached hydrogens (tertiary/aromatic N) is 1. The van der Waals surface area contributed by atoms with Crippen LogP contribution in [0.1, 0.15) is 19.4 Å². The summed E-state index contributed by atoms with van der Waals surface area (Å²) in [5.74, 6) is 0.131. The van der Waals surface area contributed by atoms with Gasteiger partial charge in [0.2, 0.25) is 5.91 Å². The van der Waals surface area contributed by atoms with Crippen molar-refractivity contribution < 1.29 is 4.79 Å². The number of aryl methyl sites for hydroxylation is 1. The summed E-state index contributed by atoms with van der Waals surface area (Å²) in [6, 6.07) is 3.92. The summed E-state index contributed by atoms with van der Waals surface area (Å²) in [7, 11) is 1.82. The van der Waals surface area contributed by atoms with Crippen molar-refractivity contribution >= 4 is 35.0 Å². The van der Waals surface area contributed by atoms with E-state index in [9.17, 15) is 4.79 Å². The molecule has 16 heavy (non-hydrogen) atoms. The molecule has 1 amide bonds. The molecule has 2 rings (SSSR count). The Hall–Kier alpha value is -0.670. The predicted molar refractivity (Wildman–Crippen MR) is 69.5 cm³/mol. The number of amides is 1. The van der Waals surface area contributed by atoms with Gasteiger partial charge in [0.25, 0.3) is 0 Å². The number of fused-ring (bicyclic) bond motifs is 1. The number of thioether (sulfide) groups is 1. The summed E-state index contributed by atoms with van der Waals surface area (Å²) in [5, 5.41) is 0.754. The van der Waals surface area contributed by atoms with Crippen LogP contribution in [-0.4, -0.2) is 17.7 Å². The topological polar surface area (TPSA) is 20.3 Å². The van der Waals surface area contributed by atoms with Crippen molar-refractivity contribution in [2.75, 3.05) is 11.9 Å². The van der Waals surface area contributed by atoms with Crippen molar-refractivity contribution in [3.8, 4) is 0 Å². The summed E-state index contributed by atoms with van der Waals surface area (Å²) in [5.41, 5.74) is 1.96. The molecular weight excluding hydrogens is 242 g/mol. The highest BCUT2D eigenvalue weighted by Crippen LogP contribution is 2.46. The fourth-order valence-electron chi connectivity index (χ4n) is 1.82. The van der Waals surface area contributed by atoms with E-state index in [0.717, 1.165) is 21.2 Å². The highest BCUT2D eigenvalue weighted by Gasteiger charge is 2.38. The number of carbonyl (C=O) groups is 1. The summed E-state index contributed by atoms with van der Waals surface area (Å²) < 4.78 is -0.416. The second kappa shape index (κ2) is 3.67. The number of hydrogen-bond acceptors (Lipinski definition) is 2. The standard InChI is InChI=1S/C12H14ClNOS/c1-7-5-9-10(6-8(7)13)16-12(2,3)11(15)14(9)4/h5-6H,1-4H3. The third-order valence-corrected chi connectivity index (χ3v) is 4.43. The van der Waals surface area contributed by atoms with Gasteiger partial charge in [0.15, 0.2) is 0 Å². The maximum atomic E-state index is 12.1. The van der Waals surface area contributed by atoms with Gasteiger partial charge in [0.1, 0.15) is 0 Å². The third-order valence-electron chi connectivity index (χ3n) is 2.79. The van der Waals surface area contributed by atoms with Crippen molar-refractivity contribution in [1.29, 1.82) is 0 Å². The van der Waals surface area contributed by atoms with Gasteiger partial charge in [0.05, 0.1) is 10.4 Å². The Morgan fingerprint density at radius 2 is 2.00 bits per heavy atom. The lowest BCUT2D eigenvalue weighted by atomic mass is 10.1. The van der Waals surface area contributed by atoms with Crippen LogP contribution in [0.2, 0.25) is 5.02 Å². The molecular formula is C12H14ClNOS. The lowest BCUT2D eigenvalue weighted by molar-refractivity contribution is -0.120. The van der Waals surface area contributed by atoms with E-state index in [2.05, 4.69) is 0 Å². The van der Waals surface area contributed by atoms with Crippen LogP contribution in [0, 0.1) is 6.92 Å². The summed E-state index contributed by atoms with van der Waals surface area (Å²) >= 11 is 7.68. The first-order valence-electron chi connectivity index (χ1n) is 5.10. The molecule has 0 spiro atoms. The Bertz CT molecular complexity index is 470. The molecule has 4 heteroatoms. The molecule has 1 heterocycles. The van der Waals surface area contributed by atoms with Crippen molar-refractivity contribution in [2.45, 2.75) is 30.4 Å². The smallest absolute Gasteiger partial charge is 0.242 e. The number of hydrogen-bond donors (Lipinski definition) is 0. The van der Waals surface area contributed by atoms with E-state index in [1.54, 1.807) is 16.7 Å². The van der Waals surface area contributed by atoms with Crippen LogP contribution in [-0.2, 0) is 4.79 Å². The van der Waals surface area contributed by atoms with E-state index in [1.807, 2.05) is 40.0 Å². The minimum Gasteiger partial charge on any atom is -0.313 e. The SMILES string of the molecule is Cc1cc2c(cc1Cl)SC(C)(C)C(=O)N2C. The molecule has 1 aliphatic heterocycles. The van der Waals surface area contributed by atoms with Crippen LogP contribution in [0.4, 0.5) is 5.69 Å². The van der Waals surface area contributed by atoms with Gasteiger partial charge in [-0.05, 0) is 38.5 Å². The van der Waals surface area contributed by atoms with Crippen LogP contribution in [0.15, 0.2) is 17.0 Å². The van der Waals surface area contributed by atoms with E-state index in [1.165, 1.54) is 0 Å². The number of benzene rings is 1. The van der Waals surface area contributed by atoms with Crippen molar-refractivity contribution in [3.63, 3.8) is 0 Å². The number of rotatable bonds is 0. The molecule has 1 aliphatic rings. The molecule has 2 nitrogen and oxygen atoms in total. The van der Waals surface area contributed by atoms with Crippen molar-refractivity contribution in [2.24, 2.45) is 0 Å². The summed E-state index contributed by atoms with van der Waals surface area (Å²) in [6.45, 7) is 5.83. The minimum absolute atomic E-state index is 0.131. The Morgan fingerprint density at radius 3 is 2.62 bits per heavy atom. The Balaban J connectivity index is 2.60. The normalized spacial score (nSPS) is 18.6. The molecule has 0 radical (unpaired) electrons. The zero-order chi connectivity index (χ0) is 12.1. The molecule has 0 saturated heterocycles. The van der Waals surface area contributed by atoms with Gasteiger partial charge >= 0.3 is 0 Å². The molecule has 0 aromatic heterocycles. The highest BCUT2D eigenvalue weighted by molar-refractivity contribution is 8.01. The van der Waals surface area contributed by atoms with Gasteiger partial charge in [-0.2, -0.15) is 0 Å². The fourth-order valence-corrected chi connectivity index (χ4v) is 3.30. The molecule has 86 valence electrons. The molecule has 0 bridgehead atoms. The molecule has 0 aliphatic carbocycles. The lowest BCUT2D eigenvalue weighted by Crippen LogP contribution is -2.44. The fraction of sp³-hybridized carbons (Fsp3) is 0.417. The summed E-state index contributed by atoms with van der Waals surface area (Å²) in [6.07, 6.45) is 0. The number of halogens is 1. The first-order chi connectivity index (χ1) is 7.33. The zero-order valence-electron chi connectivity index (χ0n) is 9.80. The monoisotopic (exact) mass is 255 g/mol. The maximum absolute atomic E-state index is 12.1. The predicted octanol–water partition coefficient (Wildman–Crippen LogP) is 3.50. The Labute approximate surface area is 105 Å². The van der Waals surface area contributed by atoms with E-state index >= 15 is 0 Å². The molecule has 0 N–H and O–H groups in total. The van der Waals surface area contributed by atoms with Crippen molar-refractivity contribution in [3.05, 3.63) is 22.7 Å². The van der Waals surface area contributed by atoms with E-state index in [0.29, 0.717) is 0 Å². The zero-order valence-corrected chi connectivity index (χ0v) is 11.4. The lowest BCUT2D eigenvalue weighted by Gasteiger charge is -2.36. The Kier molecular flexibility index (Phi) is 2.71. The maximum Gasteiger partial charge on any atom is 0.242 e. The van der Waals surface area contributed by atoms with Gasteiger partial charge in [-0.25, -0.2) is 0 Å². The number of carbonyl (C=O) groups excluding carboxylic acids is 1. The number of anilines is 1. The second-order valence-corrected chi connectivity index (χ2v) is 6.62. The van der Waals surface area contributed by atoms with Crippen LogP contribution >= 0.6 is 23.4 Å². The second-order valence-electron chi connectivity index (χ2n) is 4.55. The van der Waals surface area contributed by atoms with Crippen LogP contribution in [0.5, 0.6) is 0 Å². The molecule has 0 saturated carbocycles. The highest BCUT2D eigenvalue weighted by atomic mass is 35.5. The first kappa shape index (κ1) is 11.8. The van der Waals surface area contributed by atoms with E-state index in [4.69, 9.17) is 11.6 Å². The van der Waals surface area contributed by atoms with Crippen LogP contribution in [0.3, 0.4) is 0 Å². The summed E-state index contributed by atoms with van der Waals surface area (Å²) in [4.78, 5) is 14.9. The van der Waals surface area contributed by atoms with E-state index in [-0.39, 0.29) is 5.91 Å². The molecule has 0 atom stereocenters. The average molecular weight is 256 g/mol. The van der Waals surface area contributed by atoms with E-state index < -0.39 is 4.75 Å². The van der Waals surface area contributed by atoms with Gasteiger partial charge in [-0.15, -0.1) is 11.8 Å².